The van der Waals surface area contributed by atoms with E-state index in [4.69, 9.17) is 4.42 Å². The van der Waals surface area contributed by atoms with Gasteiger partial charge in [0.25, 0.3) is 5.91 Å². The van der Waals surface area contributed by atoms with Gasteiger partial charge in [0.1, 0.15) is 11.3 Å². The first-order chi connectivity index (χ1) is 15.6. The molecule has 1 unspecified atom stereocenters. The number of rotatable bonds is 3. The van der Waals surface area contributed by atoms with E-state index < -0.39 is 0 Å². The van der Waals surface area contributed by atoms with Crippen LogP contribution in [0, 0.1) is 11.7 Å². The van der Waals surface area contributed by atoms with Crippen LogP contribution in [-0.2, 0) is 4.79 Å². The number of nitrogens with zero attached hydrogens (tertiary/aromatic N) is 3. The van der Waals surface area contributed by atoms with Crippen molar-refractivity contribution in [2.24, 2.45) is 5.92 Å². The van der Waals surface area contributed by atoms with Gasteiger partial charge in [0.2, 0.25) is 5.91 Å². The Morgan fingerprint density at radius 2 is 1.69 bits per heavy atom. The Balaban J connectivity index is 1.19. The summed E-state index contributed by atoms with van der Waals surface area (Å²) in [6.07, 6.45) is 3.23. The topological polar surface area (TPSA) is 66.7 Å². The first-order valence-corrected chi connectivity index (χ1v) is 11.3. The van der Waals surface area contributed by atoms with E-state index in [-0.39, 0.29) is 29.5 Å². The summed E-state index contributed by atoms with van der Waals surface area (Å²) in [4.78, 5) is 34.3. The largest absolute Gasteiger partial charge is 0.440 e. The Hall–Kier alpha value is -3.22. The molecule has 32 heavy (non-hydrogen) atoms. The smallest absolute Gasteiger partial charge is 0.253 e. The molecular formula is C25H26FN3O3. The van der Waals surface area contributed by atoms with Crippen LogP contribution < -0.4 is 0 Å². The van der Waals surface area contributed by atoms with Gasteiger partial charge in [-0.2, -0.15) is 0 Å². The van der Waals surface area contributed by atoms with Gasteiger partial charge in [0.15, 0.2) is 11.5 Å². The Bertz CT molecular complexity index is 1090. The minimum atomic E-state index is -0.366. The van der Waals surface area contributed by atoms with Crippen molar-refractivity contribution in [2.45, 2.75) is 31.6 Å². The van der Waals surface area contributed by atoms with Crippen molar-refractivity contribution in [3.05, 3.63) is 65.8 Å². The summed E-state index contributed by atoms with van der Waals surface area (Å²) in [5, 5.41) is 0. The monoisotopic (exact) mass is 435 g/mol. The van der Waals surface area contributed by atoms with Crippen molar-refractivity contribution in [1.82, 2.24) is 14.8 Å². The number of halogens is 1. The van der Waals surface area contributed by atoms with E-state index >= 15 is 0 Å². The molecule has 2 amide bonds. The molecule has 2 aliphatic heterocycles. The lowest BCUT2D eigenvalue weighted by Crippen LogP contribution is -2.48. The van der Waals surface area contributed by atoms with E-state index in [0.29, 0.717) is 31.7 Å². The molecular weight excluding hydrogens is 409 g/mol. The van der Waals surface area contributed by atoms with Gasteiger partial charge in [-0.15, -0.1) is 0 Å². The molecule has 2 aromatic carbocycles. The van der Waals surface area contributed by atoms with Crippen LogP contribution in [0.25, 0.3) is 11.1 Å². The fraction of sp³-hybridized carbons (Fsp3) is 0.400. The molecule has 1 aromatic heterocycles. The van der Waals surface area contributed by atoms with E-state index in [0.717, 1.165) is 42.7 Å². The third kappa shape index (κ3) is 4.11. The van der Waals surface area contributed by atoms with Crippen molar-refractivity contribution < 1.29 is 18.4 Å². The number of fused-ring (bicyclic) bond motifs is 1. The maximum absolute atomic E-state index is 13.2. The average molecular weight is 435 g/mol. The van der Waals surface area contributed by atoms with Crippen LogP contribution in [-0.4, -0.2) is 52.8 Å². The number of carbonyl (C=O) groups is 2. The molecule has 0 bridgehead atoms. The van der Waals surface area contributed by atoms with Gasteiger partial charge in [0, 0.05) is 37.7 Å². The second-order valence-electron chi connectivity index (χ2n) is 8.72. The Labute approximate surface area is 186 Å². The molecule has 0 radical (unpaired) electrons. The van der Waals surface area contributed by atoms with E-state index in [1.165, 1.54) is 24.3 Å². The maximum atomic E-state index is 13.2. The summed E-state index contributed by atoms with van der Waals surface area (Å²) >= 11 is 0. The van der Waals surface area contributed by atoms with Gasteiger partial charge in [-0.3, -0.25) is 9.59 Å². The zero-order valence-corrected chi connectivity index (χ0v) is 17.9. The molecule has 166 valence electrons. The number of amides is 2. The predicted molar refractivity (Wildman–Crippen MR) is 118 cm³/mol. The third-order valence-corrected chi connectivity index (χ3v) is 6.62. The van der Waals surface area contributed by atoms with Crippen molar-refractivity contribution in [3.63, 3.8) is 0 Å². The summed E-state index contributed by atoms with van der Waals surface area (Å²) in [5.74, 6) is 0.403. The maximum Gasteiger partial charge on any atom is 0.253 e. The summed E-state index contributed by atoms with van der Waals surface area (Å²) in [6.45, 7) is 2.38. The van der Waals surface area contributed by atoms with Crippen molar-refractivity contribution >= 4 is 22.9 Å². The molecule has 3 aromatic rings. The van der Waals surface area contributed by atoms with Gasteiger partial charge in [-0.05, 0) is 62.1 Å². The van der Waals surface area contributed by atoms with Crippen LogP contribution >= 0.6 is 0 Å². The fourth-order valence-electron chi connectivity index (χ4n) is 4.81. The van der Waals surface area contributed by atoms with Gasteiger partial charge >= 0.3 is 0 Å². The number of carbonyl (C=O) groups excluding carboxylic acids is 2. The second kappa shape index (κ2) is 8.73. The number of piperidine rings is 2. The number of hydrogen-bond acceptors (Lipinski definition) is 4. The molecule has 0 saturated carbocycles. The standard InChI is InChI=1S/C25H26FN3O3/c26-20-9-7-18(8-10-20)24(30)29-13-3-4-19(16-29)25(31)28-14-11-17(12-15-28)23-27-21-5-1-2-6-22(21)32-23/h1-2,5-10,17,19H,3-4,11-16H2. The molecule has 7 heteroatoms. The van der Waals surface area contributed by atoms with E-state index in [2.05, 4.69) is 4.98 Å². The highest BCUT2D eigenvalue weighted by Gasteiger charge is 2.34. The number of benzene rings is 2. The van der Waals surface area contributed by atoms with Crippen molar-refractivity contribution in [3.8, 4) is 0 Å². The van der Waals surface area contributed by atoms with Crippen LogP contribution in [0.5, 0.6) is 0 Å². The molecule has 2 fully saturated rings. The Kier molecular flexibility index (Phi) is 5.64. The van der Waals surface area contributed by atoms with Crippen LogP contribution in [0.1, 0.15) is 47.8 Å². The Morgan fingerprint density at radius 1 is 0.938 bits per heavy atom. The lowest BCUT2D eigenvalue weighted by atomic mass is 9.92. The van der Waals surface area contributed by atoms with Gasteiger partial charge in [0.05, 0.1) is 5.92 Å². The van der Waals surface area contributed by atoms with Crippen LogP contribution in [0.4, 0.5) is 4.39 Å². The minimum Gasteiger partial charge on any atom is -0.440 e. The quantitative estimate of drug-likeness (QED) is 0.618. The van der Waals surface area contributed by atoms with Gasteiger partial charge in [-0.1, -0.05) is 12.1 Å². The molecule has 2 aliphatic rings. The summed E-state index contributed by atoms with van der Waals surface area (Å²) in [5.41, 5.74) is 2.13. The summed E-state index contributed by atoms with van der Waals surface area (Å²) < 4.78 is 19.1. The van der Waals surface area contributed by atoms with Crippen LogP contribution in [0.2, 0.25) is 0 Å². The lowest BCUT2D eigenvalue weighted by Gasteiger charge is -2.37. The van der Waals surface area contributed by atoms with E-state index in [1.54, 1.807) is 4.90 Å². The van der Waals surface area contributed by atoms with Crippen molar-refractivity contribution in [1.29, 1.82) is 0 Å². The predicted octanol–water partition coefficient (Wildman–Crippen LogP) is 4.23. The highest BCUT2D eigenvalue weighted by atomic mass is 19.1. The highest BCUT2D eigenvalue weighted by molar-refractivity contribution is 5.94. The number of oxazole rings is 1. The third-order valence-electron chi connectivity index (χ3n) is 6.62. The number of aromatic nitrogens is 1. The highest BCUT2D eigenvalue weighted by Crippen LogP contribution is 2.31. The summed E-state index contributed by atoms with van der Waals surface area (Å²) in [7, 11) is 0. The molecule has 2 saturated heterocycles. The second-order valence-corrected chi connectivity index (χ2v) is 8.72. The first kappa shape index (κ1) is 20.7. The number of hydrogen-bond donors (Lipinski definition) is 0. The molecule has 5 rings (SSSR count). The van der Waals surface area contributed by atoms with E-state index in [9.17, 15) is 14.0 Å². The van der Waals surface area contributed by atoms with Crippen molar-refractivity contribution in [2.75, 3.05) is 26.2 Å². The zero-order chi connectivity index (χ0) is 22.1. The first-order valence-electron chi connectivity index (χ1n) is 11.3. The van der Waals surface area contributed by atoms with Crippen LogP contribution in [0.15, 0.2) is 52.9 Å². The zero-order valence-electron chi connectivity index (χ0n) is 17.9. The van der Waals surface area contributed by atoms with Gasteiger partial charge in [-0.25, -0.2) is 9.37 Å². The lowest BCUT2D eigenvalue weighted by molar-refractivity contribution is -0.138. The summed E-state index contributed by atoms with van der Waals surface area (Å²) in [6, 6.07) is 13.3. The molecule has 6 nitrogen and oxygen atoms in total. The Morgan fingerprint density at radius 3 is 2.44 bits per heavy atom. The van der Waals surface area contributed by atoms with Crippen LogP contribution in [0.3, 0.4) is 0 Å². The molecule has 0 spiro atoms. The SMILES string of the molecule is O=C(c1ccc(F)cc1)N1CCCC(C(=O)N2CCC(c3nc4ccccc4o3)CC2)C1. The minimum absolute atomic E-state index is 0.123. The molecule has 1 atom stereocenters. The average Bonchev–Trinajstić information content (AvgIpc) is 3.28. The van der Waals surface area contributed by atoms with Gasteiger partial charge < -0.3 is 14.2 Å². The molecule has 0 N–H and O–H groups in total. The van der Waals surface area contributed by atoms with E-state index in [1.807, 2.05) is 29.2 Å². The molecule has 3 heterocycles. The fourth-order valence-corrected chi connectivity index (χ4v) is 4.81. The molecule has 0 aliphatic carbocycles. The number of likely N-dealkylation sites (tertiary alicyclic amines) is 2. The normalized spacial score (nSPS) is 20.0. The number of para-hydroxylation sites is 2.